The molecule has 0 spiro atoms. The zero-order valence-electron chi connectivity index (χ0n) is 16.4. The van der Waals surface area contributed by atoms with E-state index in [1.165, 1.54) is 5.39 Å². The maximum absolute atomic E-state index is 12.7. The Morgan fingerprint density at radius 2 is 1.86 bits per heavy atom. The number of fused-ring (bicyclic) bond motifs is 1. The molecule has 1 fully saturated rings. The summed E-state index contributed by atoms with van der Waals surface area (Å²) in [5.41, 5.74) is 1.81. The van der Waals surface area contributed by atoms with E-state index in [9.17, 15) is 4.79 Å². The summed E-state index contributed by atoms with van der Waals surface area (Å²) in [6.45, 7) is 8.24. The topological polar surface area (TPSA) is 61.6 Å². The molecule has 6 nitrogen and oxygen atoms in total. The molecule has 1 saturated heterocycles. The third-order valence-corrected chi connectivity index (χ3v) is 5.41. The molecule has 0 saturated carbocycles. The average molecular weight is 378 g/mol. The van der Waals surface area contributed by atoms with Crippen molar-refractivity contribution in [1.29, 1.82) is 0 Å². The van der Waals surface area contributed by atoms with Gasteiger partial charge in [-0.15, -0.1) is 0 Å². The van der Waals surface area contributed by atoms with Gasteiger partial charge in [-0.1, -0.05) is 35.5 Å². The van der Waals surface area contributed by atoms with Crippen LogP contribution in [0.15, 0.2) is 53.1 Å². The summed E-state index contributed by atoms with van der Waals surface area (Å²) in [5.74, 6) is 0.878. The second-order valence-electron chi connectivity index (χ2n) is 7.47. The van der Waals surface area contributed by atoms with E-state index in [-0.39, 0.29) is 11.9 Å². The third-order valence-electron chi connectivity index (χ3n) is 5.41. The van der Waals surface area contributed by atoms with Gasteiger partial charge in [0.1, 0.15) is 5.76 Å². The van der Waals surface area contributed by atoms with Crippen LogP contribution in [0.5, 0.6) is 0 Å². The summed E-state index contributed by atoms with van der Waals surface area (Å²) in [4.78, 5) is 17.3. The van der Waals surface area contributed by atoms with Crippen molar-refractivity contribution in [2.75, 3.05) is 31.5 Å². The number of nitrogens with zero attached hydrogens (tertiary/aromatic N) is 3. The summed E-state index contributed by atoms with van der Waals surface area (Å²) in [6.07, 6.45) is 0. The van der Waals surface area contributed by atoms with E-state index < -0.39 is 0 Å². The van der Waals surface area contributed by atoms with Gasteiger partial charge in [0.05, 0.1) is 11.7 Å². The van der Waals surface area contributed by atoms with Crippen LogP contribution >= 0.6 is 0 Å². The van der Waals surface area contributed by atoms with Crippen LogP contribution in [0.3, 0.4) is 0 Å². The van der Waals surface area contributed by atoms with Crippen LogP contribution < -0.4 is 5.32 Å². The lowest BCUT2D eigenvalue weighted by Crippen LogP contribution is -2.52. The molecule has 3 aromatic rings. The highest BCUT2D eigenvalue weighted by atomic mass is 16.5. The second kappa shape index (κ2) is 8.12. The van der Waals surface area contributed by atoms with Gasteiger partial charge in [-0.05, 0) is 36.8 Å². The van der Waals surface area contributed by atoms with Crippen molar-refractivity contribution in [2.45, 2.75) is 26.4 Å². The molecule has 28 heavy (non-hydrogen) atoms. The third kappa shape index (κ3) is 4.24. The van der Waals surface area contributed by atoms with Crippen LogP contribution in [0, 0.1) is 6.92 Å². The number of carbonyl (C=O) groups excluding carboxylic acids is 1. The van der Waals surface area contributed by atoms with E-state index in [1.807, 2.05) is 50.2 Å². The molecule has 1 amide bonds. The number of hydrogen-bond donors (Lipinski definition) is 1. The smallest absolute Gasteiger partial charge is 0.241 e. The van der Waals surface area contributed by atoms with E-state index in [0.717, 1.165) is 55.3 Å². The SMILES string of the molecule is Cc1cc(CN2CCN([C@@H](C)C(=O)Nc3ccc4ccccc4c3)CC2)no1. The first-order chi connectivity index (χ1) is 13.6. The molecule has 1 aliphatic rings. The van der Waals surface area contributed by atoms with Crippen LogP contribution in [0.25, 0.3) is 10.8 Å². The number of piperazine rings is 1. The van der Waals surface area contributed by atoms with Crippen molar-refractivity contribution in [3.8, 4) is 0 Å². The van der Waals surface area contributed by atoms with Crippen LogP contribution in [-0.4, -0.2) is 53.1 Å². The summed E-state index contributed by atoms with van der Waals surface area (Å²) in [7, 11) is 0. The van der Waals surface area contributed by atoms with E-state index in [1.54, 1.807) is 0 Å². The fraction of sp³-hybridized carbons (Fsp3) is 0.364. The summed E-state index contributed by atoms with van der Waals surface area (Å²) in [5, 5.41) is 9.44. The largest absolute Gasteiger partial charge is 0.361 e. The number of benzene rings is 2. The van der Waals surface area contributed by atoms with E-state index in [2.05, 4.69) is 32.4 Å². The number of anilines is 1. The molecule has 1 atom stereocenters. The lowest BCUT2D eigenvalue weighted by molar-refractivity contribution is -0.121. The fourth-order valence-corrected chi connectivity index (χ4v) is 3.71. The molecule has 4 rings (SSSR count). The molecular formula is C22H26N4O2. The Bertz CT molecular complexity index is 960. The van der Waals surface area contributed by atoms with Crippen molar-refractivity contribution >= 4 is 22.4 Å². The molecule has 0 bridgehead atoms. The molecule has 1 aromatic heterocycles. The normalized spacial score (nSPS) is 16.9. The minimum atomic E-state index is -0.164. The molecule has 1 aliphatic heterocycles. The predicted molar refractivity (Wildman–Crippen MR) is 110 cm³/mol. The van der Waals surface area contributed by atoms with Crippen molar-refractivity contribution in [3.63, 3.8) is 0 Å². The quantitative estimate of drug-likeness (QED) is 0.738. The standard InChI is InChI=1S/C22H26N4O2/c1-16-13-21(24-28-16)15-25-9-11-26(12-10-25)17(2)22(27)23-20-8-7-18-5-3-4-6-19(18)14-20/h3-8,13-14,17H,9-12,15H2,1-2H3,(H,23,27)/t17-/m0/s1. The molecule has 0 radical (unpaired) electrons. The number of carbonyl (C=O) groups is 1. The minimum Gasteiger partial charge on any atom is -0.361 e. The maximum Gasteiger partial charge on any atom is 0.241 e. The number of aryl methyl sites for hydroxylation is 1. The highest BCUT2D eigenvalue weighted by Gasteiger charge is 2.26. The van der Waals surface area contributed by atoms with Crippen LogP contribution in [-0.2, 0) is 11.3 Å². The lowest BCUT2D eigenvalue weighted by Gasteiger charge is -2.37. The Morgan fingerprint density at radius 3 is 2.57 bits per heavy atom. The van der Waals surface area contributed by atoms with Crippen molar-refractivity contribution < 1.29 is 9.32 Å². The zero-order chi connectivity index (χ0) is 19.5. The van der Waals surface area contributed by atoms with Gasteiger partial charge in [0.25, 0.3) is 0 Å². The first-order valence-corrected chi connectivity index (χ1v) is 9.77. The van der Waals surface area contributed by atoms with Crippen molar-refractivity contribution in [1.82, 2.24) is 15.0 Å². The first-order valence-electron chi connectivity index (χ1n) is 9.77. The van der Waals surface area contributed by atoms with E-state index in [0.29, 0.717) is 0 Å². The van der Waals surface area contributed by atoms with Gasteiger partial charge in [-0.3, -0.25) is 14.6 Å². The number of rotatable bonds is 5. The van der Waals surface area contributed by atoms with Gasteiger partial charge in [0, 0.05) is 44.5 Å². The zero-order valence-corrected chi connectivity index (χ0v) is 16.4. The van der Waals surface area contributed by atoms with Gasteiger partial charge in [0.2, 0.25) is 5.91 Å². The summed E-state index contributed by atoms with van der Waals surface area (Å²) < 4.78 is 5.14. The van der Waals surface area contributed by atoms with Crippen LogP contribution in [0.1, 0.15) is 18.4 Å². The van der Waals surface area contributed by atoms with Crippen LogP contribution in [0.4, 0.5) is 5.69 Å². The number of aromatic nitrogens is 1. The predicted octanol–water partition coefficient (Wildman–Crippen LogP) is 3.28. The van der Waals surface area contributed by atoms with Gasteiger partial charge in [0.15, 0.2) is 0 Å². The van der Waals surface area contributed by atoms with Gasteiger partial charge in [-0.25, -0.2) is 0 Å². The molecule has 0 unspecified atom stereocenters. The Balaban J connectivity index is 1.31. The lowest BCUT2D eigenvalue weighted by atomic mass is 10.1. The number of hydrogen-bond acceptors (Lipinski definition) is 5. The molecule has 1 N–H and O–H groups in total. The Kier molecular flexibility index (Phi) is 5.41. The molecular weight excluding hydrogens is 352 g/mol. The number of amides is 1. The van der Waals surface area contributed by atoms with Crippen LogP contribution in [0.2, 0.25) is 0 Å². The summed E-state index contributed by atoms with van der Waals surface area (Å²) in [6, 6.07) is 16.0. The monoisotopic (exact) mass is 378 g/mol. The Morgan fingerprint density at radius 1 is 1.11 bits per heavy atom. The molecule has 2 heterocycles. The Labute approximate surface area is 165 Å². The van der Waals surface area contributed by atoms with Gasteiger partial charge in [-0.2, -0.15) is 0 Å². The van der Waals surface area contributed by atoms with Crippen molar-refractivity contribution in [3.05, 3.63) is 60.0 Å². The van der Waals surface area contributed by atoms with Gasteiger partial charge >= 0.3 is 0 Å². The highest BCUT2D eigenvalue weighted by molar-refractivity contribution is 5.97. The highest BCUT2D eigenvalue weighted by Crippen LogP contribution is 2.19. The molecule has 0 aliphatic carbocycles. The van der Waals surface area contributed by atoms with Crippen molar-refractivity contribution in [2.24, 2.45) is 0 Å². The molecule has 2 aromatic carbocycles. The van der Waals surface area contributed by atoms with E-state index in [4.69, 9.17) is 4.52 Å². The average Bonchev–Trinajstić information content (AvgIpc) is 3.12. The van der Waals surface area contributed by atoms with Gasteiger partial charge < -0.3 is 9.84 Å². The first kappa shape index (κ1) is 18.7. The second-order valence-corrected chi connectivity index (χ2v) is 7.47. The molecule has 146 valence electrons. The summed E-state index contributed by atoms with van der Waals surface area (Å²) >= 11 is 0. The number of nitrogens with one attached hydrogen (secondary N) is 1. The fourth-order valence-electron chi connectivity index (χ4n) is 3.71. The Hall–Kier alpha value is -2.70. The minimum absolute atomic E-state index is 0.0378. The maximum atomic E-state index is 12.7. The van der Waals surface area contributed by atoms with E-state index >= 15 is 0 Å². The molecule has 6 heteroatoms.